The summed E-state index contributed by atoms with van der Waals surface area (Å²) in [5, 5.41) is 12.2. The van der Waals surface area contributed by atoms with E-state index in [-0.39, 0.29) is 11.7 Å². The monoisotopic (exact) mass is 319 g/mol. The number of phenols is 1. The van der Waals surface area contributed by atoms with Crippen molar-refractivity contribution in [2.45, 2.75) is 13.8 Å². The van der Waals surface area contributed by atoms with Crippen molar-refractivity contribution in [3.8, 4) is 5.75 Å². The SMILES string of the molecule is Cc1cc(NC(=O)c2ccc(O)cc2C)ccc1Br. The molecule has 4 heteroatoms. The van der Waals surface area contributed by atoms with Crippen molar-refractivity contribution in [2.75, 3.05) is 5.32 Å². The Labute approximate surface area is 120 Å². The van der Waals surface area contributed by atoms with Gasteiger partial charge in [-0.15, -0.1) is 0 Å². The van der Waals surface area contributed by atoms with E-state index in [9.17, 15) is 9.90 Å². The van der Waals surface area contributed by atoms with Crippen LogP contribution in [0.4, 0.5) is 5.69 Å². The Bertz CT molecular complexity index is 638. The summed E-state index contributed by atoms with van der Waals surface area (Å²) in [5.74, 6) is -0.0206. The van der Waals surface area contributed by atoms with Crippen molar-refractivity contribution in [2.24, 2.45) is 0 Å². The first-order valence-corrected chi connectivity index (χ1v) is 6.64. The van der Waals surface area contributed by atoms with Crippen LogP contribution in [0.25, 0.3) is 0 Å². The number of carbonyl (C=O) groups excluding carboxylic acids is 1. The molecule has 0 atom stereocenters. The number of hydrogen-bond acceptors (Lipinski definition) is 2. The summed E-state index contributed by atoms with van der Waals surface area (Å²) in [6.07, 6.45) is 0. The van der Waals surface area contributed by atoms with E-state index in [0.717, 1.165) is 21.3 Å². The minimum Gasteiger partial charge on any atom is -0.508 e. The maximum atomic E-state index is 12.1. The van der Waals surface area contributed by atoms with Crippen molar-refractivity contribution in [1.29, 1.82) is 0 Å². The van der Waals surface area contributed by atoms with Crippen molar-refractivity contribution in [3.63, 3.8) is 0 Å². The zero-order chi connectivity index (χ0) is 14.0. The fraction of sp³-hybridized carbons (Fsp3) is 0.133. The highest BCUT2D eigenvalue weighted by atomic mass is 79.9. The van der Waals surface area contributed by atoms with Gasteiger partial charge >= 0.3 is 0 Å². The van der Waals surface area contributed by atoms with Gasteiger partial charge in [0.25, 0.3) is 5.91 Å². The number of amides is 1. The summed E-state index contributed by atoms with van der Waals surface area (Å²) in [5.41, 5.74) is 3.10. The van der Waals surface area contributed by atoms with E-state index in [0.29, 0.717) is 5.56 Å². The number of nitrogens with one attached hydrogen (secondary N) is 1. The second kappa shape index (κ2) is 5.45. The summed E-state index contributed by atoms with van der Waals surface area (Å²) < 4.78 is 1.01. The van der Waals surface area contributed by atoms with Gasteiger partial charge in [0.05, 0.1) is 0 Å². The van der Waals surface area contributed by atoms with Gasteiger partial charge in [0.1, 0.15) is 5.75 Å². The third-order valence-corrected chi connectivity index (χ3v) is 3.76. The number of rotatable bonds is 2. The predicted octanol–water partition coefficient (Wildman–Crippen LogP) is 4.02. The fourth-order valence-electron chi connectivity index (χ4n) is 1.82. The molecule has 0 saturated heterocycles. The third-order valence-electron chi connectivity index (χ3n) is 2.87. The van der Waals surface area contributed by atoms with E-state index < -0.39 is 0 Å². The average molecular weight is 320 g/mol. The molecule has 2 N–H and O–H groups in total. The number of carbonyl (C=O) groups is 1. The summed E-state index contributed by atoms with van der Waals surface area (Å²) in [6, 6.07) is 10.3. The highest BCUT2D eigenvalue weighted by Gasteiger charge is 2.10. The van der Waals surface area contributed by atoms with E-state index in [1.54, 1.807) is 19.1 Å². The lowest BCUT2D eigenvalue weighted by Crippen LogP contribution is -2.13. The van der Waals surface area contributed by atoms with E-state index in [1.807, 2.05) is 25.1 Å². The number of halogens is 1. The molecular formula is C15H14BrNO2. The molecule has 0 radical (unpaired) electrons. The first-order valence-electron chi connectivity index (χ1n) is 5.84. The van der Waals surface area contributed by atoms with E-state index in [1.165, 1.54) is 6.07 Å². The molecule has 0 aromatic heterocycles. The predicted molar refractivity (Wildman–Crippen MR) is 79.7 cm³/mol. The van der Waals surface area contributed by atoms with Crippen LogP contribution in [-0.2, 0) is 0 Å². The van der Waals surface area contributed by atoms with Crippen molar-refractivity contribution in [3.05, 3.63) is 57.6 Å². The van der Waals surface area contributed by atoms with Crippen molar-refractivity contribution >= 4 is 27.5 Å². The number of anilines is 1. The molecule has 0 fully saturated rings. The van der Waals surface area contributed by atoms with Crippen LogP contribution in [0.1, 0.15) is 21.5 Å². The van der Waals surface area contributed by atoms with E-state index in [2.05, 4.69) is 21.2 Å². The average Bonchev–Trinajstić information content (AvgIpc) is 2.33. The lowest BCUT2D eigenvalue weighted by molar-refractivity contribution is 0.102. The zero-order valence-corrected chi connectivity index (χ0v) is 12.3. The Balaban J connectivity index is 2.23. The number of aryl methyl sites for hydroxylation is 2. The second-order valence-corrected chi connectivity index (χ2v) is 5.27. The Morgan fingerprint density at radius 2 is 1.84 bits per heavy atom. The lowest BCUT2D eigenvalue weighted by Gasteiger charge is -2.09. The van der Waals surface area contributed by atoms with Crippen molar-refractivity contribution in [1.82, 2.24) is 0 Å². The number of phenolic OH excluding ortho intramolecular Hbond substituents is 1. The van der Waals surface area contributed by atoms with Crippen LogP contribution in [-0.4, -0.2) is 11.0 Å². The molecular weight excluding hydrogens is 306 g/mol. The lowest BCUT2D eigenvalue weighted by atomic mass is 10.1. The van der Waals surface area contributed by atoms with Gasteiger partial charge in [0, 0.05) is 15.7 Å². The van der Waals surface area contributed by atoms with Crippen LogP contribution in [0.15, 0.2) is 40.9 Å². The Hall–Kier alpha value is -1.81. The number of benzene rings is 2. The fourth-order valence-corrected chi connectivity index (χ4v) is 2.07. The van der Waals surface area contributed by atoms with Crippen LogP contribution in [0.2, 0.25) is 0 Å². The molecule has 0 unspecified atom stereocenters. The normalized spacial score (nSPS) is 10.3. The highest BCUT2D eigenvalue weighted by molar-refractivity contribution is 9.10. The molecule has 0 aliphatic heterocycles. The Kier molecular flexibility index (Phi) is 3.90. The van der Waals surface area contributed by atoms with E-state index in [4.69, 9.17) is 0 Å². The molecule has 0 spiro atoms. The number of aromatic hydroxyl groups is 1. The summed E-state index contributed by atoms with van der Waals surface area (Å²) in [7, 11) is 0. The topological polar surface area (TPSA) is 49.3 Å². The summed E-state index contributed by atoms with van der Waals surface area (Å²) in [4.78, 5) is 12.1. The third kappa shape index (κ3) is 3.15. The zero-order valence-electron chi connectivity index (χ0n) is 10.7. The van der Waals surface area contributed by atoms with Gasteiger partial charge in [-0.25, -0.2) is 0 Å². The standard InChI is InChI=1S/C15H14BrNO2/c1-9-8-12(18)4-5-13(9)15(19)17-11-3-6-14(16)10(2)7-11/h3-8,18H,1-2H3,(H,17,19). The quantitative estimate of drug-likeness (QED) is 0.878. The van der Waals surface area contributed by atoms with Gasteiger partial charge in [0.15, 0.2) is 0 Å². The molecule has 2 rings (SSSR count). The minimum atomic E-state index is -0.181. The first-order chi connectivity index (χ1) is 8.97. The number of hydrogen-bond donors (Lipinski definition) is 2. The molecule has 0 heterocycles. The van der Waals surface area contributed by atoms with Crippen LogP contribution in [0.3, 0.4) is 0 Å². The van der Waals surface area contributed by atoms with Gasteiger partial charge in [-0.2, -0.15) is 0 Å². The smallest absolute Gasteiger partial charge is 0.255 e. The molecule has 98 valence electrons. The Morgan fingerprint density at radius 3 is 2.47 bits per heavy atom. The van der Waals surface area contributed by atoms with Gasteiger partial charge in [-0.05, 0) is 61.4 Å². The maximum Gasteiger partial charge on any atom is 0.255 e. The van der Waals surface area contributed by atoms with Gasteiger partial charge in [-0.1, -0.05) is 15.9 Å². The van der Waals surface area contributed by atoms with Gasteiger partial charge in [0.2, 0.25) is 0 Å². The highest BCUT2D eigenvalue weighted by Crippen LogP contribution is 2.21. The molecule has 0 aliphatic carbocycles. The van der Waals surface area contributed by atoms with Crippen LogP contribution >= 0.6 is 15.9 Å². The molecule has 2 aromatic rings. The second-order valence-electron chi connectivity index (χ2n) is 4.42. The van der Waals surface area contributed by atoms with Crippen LogP contribution in [0.5, 0.6) is 5.75 Å². The first kappa shape index (κ1) is 13.6. The molecule has 19 heavy (non-hydrogen) atoms. The molecule has 3 nitrogen and oxygen atoms in total. The summed E-state index contributed by atoms with van der Waals surface area (Å²) in [6.45, 7) is 3.76. The maximum absolute atomic E-state index is 12.1. The van der Waals surface area contributed by atoms with Gasteiger partial charge in [-0.3, -0.25) is 4.79 Å². The van der Waals surface area contributed by atoms with Crippen LogP contribution in [0, 0.1) is 13.8 Å². The molecule has 2 aromatic carbocycles. The minimum absolute atomic E-state index is 0.161. The Morgan fingerprint density at radius 1 is 1.11 bits per heavy atom. The van der Waals surface area contributed by atoms with Crippen LogP contribution < -0.4 is 5.32 Å². The molecule has 0 aliphatic rings. The molecule has 0 saturated carbocycles. The van der Waals surface area contributed by atoms with Gasteiger partial charge < -0.3 is 10.4 Å². The molecule has 0 bridgehead atoms. The van der Waals surface area contributed by atoms with Crippen molar-refractivity contribution < 1.29 is 9.90 Å². The summed E-state index contributed by atoms with van der Waals surface area (Å²) >= 11 is 3.42. The largest absolute Gasteiger partial charge is 0.508 e. The van der Waals surface area contributed by atoms with E-state index >= 15 is 0 Å². The molecule has 1 amide bonds.